The van der Waals surface area contributed by atoms with Crippen LogP contribution in [-0.2, 0) is 29.0 Å². The number of nitrogens with zero attached hydrogens (tertiary/aromatic N) is 1. The van der Waals surface area contributed by atoms with Gasteiger partial charge in [0, 0.05) is 31.5 Å². The van der Waals surface area contributed by atoms with Gasteiger partial charge in [-0.05, 0) is 41.5 Å². The zero-order chi connectivity index (χ0) is 26.6. The molecule has 0 aliphatic rings. The first-order valence-electron chi connectivity index (χ1n) is 13.3. The molecule has 0 aliphatic carbocycles. The first-order valence-corrected chi connectivity index (χ1v) is 13.3. The molecule has 0 spiro atoms. The Morgan fingerprint density at radius 1 is 0.892 bits per heavy atom. The summed E-state index contributed by atoms with van der Waals surface area (Å²) in [5.74, 6) is -0.308. The normalized spacial score (nSPS) is 11.8. The molecule has 0 aliphatic heterocycles. The lowest BCUT2D eigenvalue weighted by atomic mass is 9.99. The van der Waals surface area contributed by atoms with Gasteiger partial charge in [0.15, 0.2) is 0 Å². The summed E-state index contributed by atoms with van der Waals surface area (Å²) in [6.45, 7) is 6.95. The van der Waals surface area contributed by atoms with Crippen LogP contribution < -0.4 is 5.32 Å². The van der Waals surface area contributed by atoms with Gasteiger partial charge in [0.2, 0.25) is 11.8 Å². The second-order valence-corrected chi connectivity index (χ2v) is 9.86. The number of amides is 2. The molecule has 2 amide bonds. The summed E-state index contributed by atoms with van der Waals surface area (Å²) in [6.07, 6.45) is 2.97. The third-order valence-corrected chi connectivity index (χ3v) is 6.67. The van der Waals surface area contributed by atoms with E-state index in [2.05, 4.69) is 50.4 Å². The molecule has 5 heteroatoms. The van der Waals surface area contributed by atoms with Gasteiger partial charge >= 0.3 is 0 Å². The molecule has 0 unspecified atom stereocenters. The molecule has 1 atom stereocenters. The number of nitrogens with one attached hydrogen (secondary N) is 1. The van der Waals surface area contributed by atoms with Gasteiger partial charge in [-0.15, -0.1) is 0 Å². The van der Waals surface area contributed by atoms with Crippen molar-refractivity contribution >= 4 is 11.8 Å². The van der Waals surface area contributed by atoms with Gasteiger partial charge < -0.3 is 10.2 Å². The van der Waals surface area contributed by atoms with Crippen LogP contribution >= 0.6 is 0 Å². The number of halogens is 1. The van der Waals surface area contributed by atoms with Crippen LogP contribution in [0.5, 0.6) is 0 Å². The number of carbonyl (C=O) groups excluding carboxylic acids is 2. The van der Waals surface area contributed by atoms with E-state index >= 15 is 0 Å². The van der Waals surface area contributed by atoms with E-state index in [-0.39, 0.29) is 30.6 Å². The smallest absolute Gasteiger partial charge is 0.243 e. The van der Waals surface area contributed by atoms with Crippen LogP contribution in [0, 0.1) is 5.82 Å². The minimum absolute atomic E-state index is 0.0382. The first kappa shape index (κ1) is 28.1. The van der Waals surface area contributed by atoms with Crippen molar-refractivity contribution in [2.24, 2.45) is 0 Å². The Kier molecular flexibility index (Phi) is 10.9. The molecule has 3 aromatic rings. The molecular weight excluding hydrogens is 463 g/mol. The number of benzene rings is 3. The summed E-state index contributed by atoms with van der Waals surface area (Å²) in [5.41, 5.74) is 3.67. The quantitative estimate of drug-likeness (QED) is 0.274. The van der Waals surface area contributed by atoms with Crippen LogP contribution in [0.1, 0.15) is 68.2 Å². The number of rotatable bonds is 13. The second-order valence-electron chi connectivity index (χ2n) is 9.86. The summed E-state index contributed by atoms with van der Waals surface area (Å²) in [6, 6.07) is 23.7. The fourth-order valence-electron chi connectivity index (χ4n) is 4.33. The second kappa shape index (κ2) is 14.3. The molecule has 0 bridgehead atoms. The van der Waals surface area contributed by atoms with Gasteiger partial charge in [-0.25, -0.2) is 4.39 Å². The average Bonchev–Trinajstić information content (AvgIpc) is 2.91. The third-order valence-electron chi connectivity index (χ3n) is 6.67. The maximum Gasteiger partial charge on any atom is 0.243 e. The van der Waals surface area contributed by atoms with Crippen LogP contribution in [0.3, 0.4) is 0 Å². The molecule has 1 N–H and O–H groups in total. The minimum Gasteiger partial charge on any atom is -0.354 e. The number of carbonyl (C=O) groups is 2. The molecule has 196 valence electrons. The van der Waals surface area contributed by atoms with E-state index < -0.39 is 6.04 Å². The van der Waals surface area contributed by atoms with Crippen molar-refractivity contribution in [3.05, 3.63) is 107 Å². The van der Waals surface area contributed by atoms with Crippen molar-refractivity contribution in [1.29, 1.82) is 0 Å². The SMILES string of the molecule is CCCCNC(=O)[C@@H](Cc1ccccc1)N(Cc1ccccc1F)C(=O)CCc1ccc(C(C)C)cc1. The Labute approximate surface area is 220 Å². The highest BCUT2D eigenvalue weighted by atomic mass is 19.1. The maximum absolute atomic E-state index is 14.7. The van der Waals surface area contributed by atoms with E-state index in [4.69, 9.17) is 0 Å². The van der Waals surface area contributed by atoms with E-state index in [1.54, 1.807) is 23.1 Å². The van der Waals surface area contributed by atoms with Crippen molar-refractivity contribution in [3.8, 4) is 0 Å². The van der Waals surface area contributed by atoms with Crippen molar-refractivity contribution in [3.63, 3.8) is 0 Å². The van der Waals surface area contributed by atoms with E-state index in [9.17, 15) is 14.0 Å². The van der Waals surface area contributed by atoms with Gasteiger partial charge in [-0.2, -0.15) is 0 Å². The minimum atomic E-state index is -0.741. The van der Waals surface area contributed by atoms with Gasteiger partial charge in [0.1, 0.15) is 11.9 Å². The fraction of sp³-hybridized carbons (Fsp3) is 0.375. The Bertz CT molecular complexity index is 1130. The van der Waals surface area contributed by atoms with Crippen LogP contribution in [0.15, 0.2) is 78.9 Å². The maximum atomic E-state index is 14.7. The third kappa shape index (κ3) is 8.56. The Hall–Kier alpha value is -3.47. The summed E-state index contributed by atoms with van der Waals surface area (Å²) >= 11 is 0. The molecule has 0 radical (unpaired) electrons. The van der Waals surface area contributed by atoms with E-state index in [1.165, 1.54) is 11.6 Å². The van der Waals surface area contributed by atoms with E-state index in [1.807, 2.05) is 30.3 Å². The molecule has 0 aromatic heterocycles. The van der Waals surface area contributed by atoms with Gasteiger partial charge in [-0.1, -0.05) is 100.0 Å². The molecule has 37 heavy (non-hydrogen) atoms. The standard InChI is InChI=1S/C32H39FN2O2/c1-4-5-21-34-32(37)30(22-26-11-7-6-8-12-26)35(23-28-13-9-10-14-29(28)33)31(36)20-17-25-15-18-27(19-16-25)24(2)3/h6-16,18-19,24,30H,4-5,17,20-23H2,1-3H3,(H,34,37)/t30-/m1/s1. The van der Waals surface area contributed by atoms with Gasteiger partial charge in [0.05, 0.1) is 0 Å². The summed E-state index contributed by atoms with van der Waals surface area (Å²) < 4.78 is 14.7. The van der Waals surface area contributed by atoms with E-state index in [0.717, 1.165) is 24.0 Å². The first-order chi connectivity index (χ1) is 17.9. The zero-order valence-electron chi connectivity index (χ0n) is 22.3. The molecule has 4 nitrogen and oxygen atoms in total. The fourth-order valence-corrected chi connectivity index (χ4v) is 4.33. The number of hydrogen-bond acceptors (Lipinski definition) is 2. The van der Waals surface area contributed by atoms with Crippen molar-refractivity contribution in [2.75, 3.05) is 6.54 Å². The van der Waals surface area contributed by atoms with Gasteiger partial charge in [0.25, 0.3) is 0 Å². The predicted molar refractivity (Wildman–Crippen MR) is 148 cm³/mol. The summed E-state index contributed by atoms with van der Waals surface area (Å²) in [5, 5.41) is 3.00. The number of unbranched alkanes of at least 4 members (excludes halogenated alkanes) is 1. The molecule has 0 saturated heterocycles. The molecule has 0 saturated carbocycles. The highest BCUT2D eigenvalue weighted by Gasteiger charge is 2.30. The van der Waals surface area contributed by atoms with Crippen LogP contribution in [0.25, 0.3) is 0 Å². The average molecular weight is 503 g/mol. The monoisotopic (exact) mass is 502 g/mol. The van der Waals surface area contributed by atoms with Crippen LogP contribution in [0.4, 0.5) is 4.39 Å². The zero-order valence-corrected chi connectivity index (χ0v) is 22.3. The molecular formula is C32H39FN2O2. The number of hydrogen-bond donors (Lipinski definition) is 1. The van der Waals surface area contributed by atoms with Crippen molar-refractivity contribution in [1.82, 2.24) is 10.2 Å². The lowest BCUT2D eigenvalue weighted by Gasteiger charge is -2.32. The van der Waals surface area contributed by atoms with Crippen LogP contribution in [0.2, 0.25) is 0 Å². The highest BCUT2D eigenvalue weighted by molar-refractivity contribution is 5.88. The Morgan fingerprint density at radius 3 is 2.22 bits per heavy atom. The molecule has 0 heterocycles. The Morgan fingerprint density at radius 2 is 1.57 bits per heavy atom. The summed E-state index contributed by atoms with van der Waals surface area (Å²) in [7, 11) is 0. The van der Waals surface area contributed by atoms with Crippen molar-refractivity contribution < 1.29 is 14.0 Å². The summed E-state index contributed by atoms with van der Waals surface area (Å²) in [4.78, 5) is 28.7. The van der Waals surface area contributed by atoms with Crippen molar-refractivity contribution in [2.45, 2.75) is 71.4 Å². The van der Waals surface area contributed by atoms with Crippen LogP contribution in [-0.4, -0.2) is 29.3 Å². The van der Waals surface area contributed by atoms with E-state index in [0.29, 0.717) is 30.9 Å². The lowest BCUT2D eigenvalue weighted by molar-refractivity contribution is -0.141. The number of aryl methyl sites for hydroxylation is 1. The molecule has 3 aromatic carbocycles. The highest BCUT2D eigenvalue weighted by Crippen LogP contribution is 2.20. The lowest BCUT2D eigenvalue weighted by Crippen LogP contribution is -2.50. The Balaban J connectivity index is 1.87. The van der Waals surface area contributed by atoms with Gasteiger partial charge in [-0.3, -0.25) is 9.59 Å². The molecule has 0 fully saturated rings. The topological polar surface area (TPSA) is 49.4 Å². The molecule has 3 rings (SSSR count). The largest absolute Gasteiger partial charge is 0.354 e. The predicted octanol–water partition coefficient (Wildman–Crippen LogP) is 6.44.